The molecule has 1 aromatic heterocycles. The molecule has 0 bridgehead atoms. The number of rotatable bonds is 14. The van der Waals surface area contributed by atoms with Crippen molar-refractivity contribution < 1.29 is 33.1 Å². The molecule has 0 aliphatic carbocycles. The molecule has 3 aromatic rings. The zero-order valence-corrected chi connectivity index (χ0v) is 40.5. The Morgan fingerprint density at radius 2 is 1.51 bits per heavy atom. The fraction of sp³-hybridized carbons (Fsp3) is 0.549. The second kappa shape index (κ2) is 23.0. The van der Waals surface area contributed by atoms with E-state index in [0.717, 1.165) is 89.9 Å². The first-order chi connectivity index (χ1) is 32.7. The lowest BCUT2D eigenvalue weighted by atomic mass is 9.91. The molecule has 17 heteroatoms. The minimum atomic E-state index is -0.692. The predicted molar refractivity (Wildman–Crippen MR) is 260 cm³/mol. The summed E-state index contributed by atoms with van der Waals surface area (Å²) in [6.07, 6.45) is 6.09. The first-order valence-corrected chi connectivity index (χ1v) is 24.3. The number of halogens is 1. The smallest absolute Gasteiger partial charge is 0.412 e. The fourth-order valence-electron chi connectivity index (χ4n) is 9.81. The van der Waals surface area contributed by atoms with Crippen molar-refractivity contribution in [1.29, 1.82) is 0 Å². The Morgan fingerprint density at radius 1 is 0.824 bits per heavy atom. The van der Waals surface area contributed by atoms with Gasteiger partial charge in [-0.05, 0) is 101 Å². The van der Waals surface area contributed by atoms with Gasteiger partial charge in [0.15, 0.2) is 12.0 Å². The van der Waals surface area contributed by atoms with Crippen LogP contribution in [0.4, 0.5) is 14.9 Å². The third-order valence-electron chi connectivity index (χ3n) is 13.6. The molecular formula is C51H69FN10O6. The summed E-state index contributed by atoms with van der Waals surface area (Å²) in [4.78, 5) is 82.7. The van der Waals surface area contributed by atoms with Gasteiger partial charge in [-0.1, -0.05) is 37.3 Å². The highest BCUT2D eigenvalue weighted by Gasteiger charge is 2.32. The minimum Gasteiger partial charge on any atom is -0.444 e. The van der Waals surface area contributed by atoms with Crippen LogP contribution in [0.5, 0.6) is 0 Å². The summed E-state index contributed by atoms with van der Waals surface area (Å²) < 4.78 is 20.7. The monoisotopic (exact) mass is 937 g/mol. The van der Waals surface area contributed by atoms with Crippen LogP contribution < -0.4 is 10.7 Å². The van der Waals surface area contributed by atoms with Crippen LogP contribution in [0.25, 0.3) is 0 Å². The number of aldehydes is 1. The van der Waals surface area contributed by atoms with Crippen LogP contribution in [0.3, 0.4) is 0 Å². The van der Waals surface area contributed by atoms with Crippen LogP contribution in [0, 0.1) is 11.7 Å². The number of anilines is 1. The largest absolute Gasteiger partial charge is 0.444 e. The molecule has 2 N–H and O–H groups in total. The second-order valence-electron chi connectivity index (χ2n) is 19.5. The Morgan fingerprint density at radius 3 is 2.21 bits per heavy atom. The molecule has 7 rings (SSSR count). The number of benzene rings is 2. The third-order valence-corrected chi connectivity index (χ3v) is 13.6. The van der Waals surface area contributed by atoms with E-state index in [-0.39, 0.29) is 35.4 Å². The molecule has 4 aliphatic rings. The average Bonchev–Trinajstić information content (AvgIpc) is 3.34. The number of hydrogen-bond acceptors (Lipinski definition) is 12. The molecule has 4 aliphatic heterocycles. The van der Waals surface area contributed by atoms with Crippen LogP contribution >= 0.6 is 0 Å². The fourth-order valence-corrected chi connectivity index (χ4v) is 9.81. The number of hydrogen-bond donors (Lipinski definition) is 2. The van der Waals surface area contributed by atoms with Gasteiger partial charge < -0.3 is 34.7 Å². The zero-order valence-electron chi connectivity index (χ0n) is 40.5. The van der Waals surface area contributed by atoms with Crippen LogP contribution in [-0.4, -0.2) is 181 Å². The molecule has 0 saturated carbocycles. The first kappa shape index (κ1) is 50.1. The van der Waals surface area contributed by atoms with Gasteiger partial charge in [0, 0.05) is 109 Å². The van der Waals surface area contributed by atoms with Crippen LogP contribution in [-0.2, 0) is 16.0 Å². The maximum absolute atomic E-state index is 15.1. The Bertz CT molecular complexity index is 2300. The van der Waals surface area contributed by atoms with Gasteiger partial charge in [0.1, 0.15) is 11.4 Å². The number of ether oxygens (including phenoxy) is 1. The van der Waals surface area contributed by atoms with Gasteiger partial charge in [-0.2, -0.15) is 5.10 Å². The SMILES string of the molecule is CCN1CCCC(c2cnc(C(=O)N3CCC(CN4CCN(CC(=O)N5CCN(C(=O)c6cc(C/C(=N/NC)c7ccccc7C=O)ccc6F)CC5)CC4)CC3)c(NC(=O)OC(C)(C)C)c2)C1. The number of piperidine rings is 2. The van der Waals surface area contributed by atoms with Crippen molar-refractivity contribution >= 4 is 41.5 Å². The molecule has 68 heavy (non-hydrogen) atoms. The summed E-state index contributed by atoms with van der Waals surface area (Å²) in [6, 6.07) is 13.5. The number of amides is 4. The molecule has 1 unspecified atom stereocenters. The van der Waals surface area contributed by atoms with Gasteiger partial charge >= 0.3 is 6.09 Å². The summed E-state index contributed by atoms with van der Waals surface area (Å²) in [7, 11) is 1.66. The number of carbonyl (C=O) groups excluding carboxylic acids is 5. The van der Waals surface area contributed by atoms with Crippen molar-refractivity contribution in [2.75, 3.05) is 111 Å². The van der Waals surface area contributed by atoms with E-state index < -0.39 is 23.4 Å². The number of nitrogens with one attached hydrogen (secondary N) is 2. The number of hydrazone groups is 1. The number of nitrogens with zero attached hydrogens (tertiary/aromatic N) is 8. The molecular weight excluding hydrogens is 868 g/mol. The highest BCUT2D eigenvalue weighted by Crippen LogP contribution is 2.31. The number of carbonyl (C=O) groups is 5. The van der Waals surface area contributed by atoms with Gasteiger partial charge in [0.2, 0.25) is 5.91 Å². The lowest BCUT2D eigenvalue weighted by Crippen LogP contribution is -2.55. The van der Waals surface area contributed by atoms with E-state index in [1.165, 1.54) is 6.07 Å². The number of pyridine rings is 1. The quantitative estimate of drug-likeness (QED) is 0.124. The van der Waals surface area contributed by atoms with E-state index in [4.69, 9.17) is 4.74 Å². The van der Waals surface area contributed by atoms with Gasteiger partial charge in [0.05, 0.1) is 23.5 Å². The predicted octanol–water partition coefficient (Wildman–Crippen LogP) is 5.20. The highest BCUT2D eigenvalue weighted by atomic mass is 19.1. The van der Waals surface area contributed by atoms with E-state index in [2.05, 4.69) is 42.5 Å². The normalized spacial score (nSPS) is 19.4. The Balaban J connectivity index is 0.849. The number of likely N-dealkylation sites (N-methyl/N-ethyl adjacent to an activating group) is 1. The van der Waals surface area contributed by atoms with Crippen LogP contribution in [0.2, 0.25) is 0 Å². The third kappa shape index (κ3) is 13.0. The standard InChI is InChI=1S/C51H69FN10O6/c1-6-57-17-9-11-38(33-57)40-30-45(55-50(67)68-51(2,3)4)47(54-31-40)49(66)61-18-15-36(16-19-61)32-58-20-22-59(23-21-58)34-46(64)60-24-26-62(27-25-60)48(65)42-28-37(13-14-43(42)52)29-44(56-53-5)41-12-8-7-10-39(41)35-63/h7-8,10,12-14,28,30-31,35-36,38,53H,6,9,11,15-27,29,32-34H2,1-5H3,(H,55,67)/b56-44-. The summed E-state index contributed by atoms with van der Waals surface area (Å²) in [5.74, 6) is -0.503. The highest BCUT2D eigenvalue weighted by molar-refractivity contribution is 6.07. The molecule has 4 saturated heterocycles. The molecule has 4 amide bonds. The zero-order chi connectivity index (χ0) is 48.4. The molecule has 0 spiro atoms. The van der Waals surface area contributed by atoms with E-state index in [0.29, 0.717) is 79.8 Å². The van der Waals surface area contributed by atoms with Crippen LogP contribution in [0.15, 0.2) is 59.8 Å². The second-order valence-corrected chi connectivity index (χ2v) is 19.5. The van der Waals surface area contributed by atoms with Crippen LogP contribution in [0.1, 0.15) is 107 Å². The summed E-state index contributed by atoms with van der Waals surface area (Å²) in [5.41, 5.74) is 6.09. The lowest BCUT2D eigenvalue weighted by Gasteiger charge is -2.40. The molecule has 366 valence electrons. The Kier molecular flexibility index (Phi) is 17.0. The summed E-state index contributed by atoms with van der Waals surface area (Å²) in [6.45, 7) is 17.6. The molecule has 2 aromatic carbocycles. The molecule has 5 heterocycles. The maximum atomic E-state index is 15.1. The van der Waals surface area contributed by atoms with Gasteiger partial charge in [0.25, 0.3) is 11.8 Å². The van der Waals surface area contributed by atoms with Gasteiger partial charge in [-0.25, -0.2) is 14.2 Å². The topological polar surface area (TPSA) is 163 Å². The molecule has 4 fully saturated rings. The lowest BCUT2D eigenvalue weighted by molar-refractivity contribution is -0.134. The van der Waals surface area contributed by atoms with Crippen molar-refractivity contribution in [2.45, 2.75) is 71.3 Å². The van der Waals surface area contributed by atoms with Crippen molar-refractivity contribution in [1.82, 2.24) is 39.8 Å². The summed E-state index contributed by atoms with van der Waals surface area (Å²) >= 11 is 0. The molecule has 1 atom stereocenters. The Hall–Kier alpha value is -5.78. The molecule has 0 radical (unpaired) electrons. The number of aromatic nitrogens is 1. The minimum absolute atomic E-state index is 0.0217. The maximum Gasteiger partial charge on any atom is 0.412 e. The van der Waals surface area contributed by atoms with E-state index in [1.807, 2.05) is 44.0 Å². The number of likely N-dealkylation sites (tertiary alicyclic amines) is 2. The van der Waals surface area contributed by atoms with Crippen molar-refractivity contribution in [3.05, 3.63) is 94.1 Å². The Labute approximate surface area is 400 Å². The average molecular weight is 937 g/mol. The van der Waals surface area contributed by atoms with Crippen molar-refractivity contribution in [3.8, 4) is 0 Å². The number of piperazine rings is 2. The van der Waals surface area contributed by atoms with E-state index >= 15 is 4.39 Å². The summed E-state index contributed by atoms with van der Waals surface area (Å²) in [5, 5.41) is 7.23. The van der Waals surface area contributed by atoms with Gasteiger partial charge in [-0.3, -0.25) is 29.4 Å². The van der Waals surface area contributed by atoms with Gasteiger partial charge in [-0.15, -0.1) is 0 Å². The van der Waals surface area contributed by atoms with Crippen molar-refractivity contribution in [3.63, 3.8) is 0 Å². The van der Waals surface area contributed by atoms with E-state index in [9.17, 15) is 24.0 Å². The molecule has 16 nitrogen and oxygen atoms in total. The van der Waals surface area contributed by atoms with E-state index in [1.54, 1.807) is 47.2 Å². The first-order valence-electron chi connectivity index (χ1n) is 24.3. The van der Waals surface area contributed by atoms with Crippen molar-refractivity contribution in [2.24, 2.45) is 11.0 Å².